The molecule has 1 heterocycles. The summed E-state index contributed by atoms with van der Waals surface area (Å²) in [6.07, 6.45) is 5.04. The van der Waals surface area contributed by atoms with E-state index in [4.69, 9.17) is 10.7 Å². The molecule has 4 heteroatoms. The van der Waals surface area contributed by atoms with E-state index < -0.39 is 0 Å². The number of rotatable bonds is 1. The molecule has 1 aliphatic rings. The molecule has 0 radical (unpaired) electrons. The van der Waals surface area contributed by atoms with Gasteiger partial charge in [0.15, 0.2) is 0 Å². The molecule has 1 saturated carbocycles. The quantitative estimate of drug-likeness (QED) is 0.858. The third kappa shape index (κ3) is 2.62. The summed E-state index contributed by atoms with van der Waals surface area (Å²) in [7, 11) is 0. The van der Waals surface area contributed by atoms with Gasteiger partial charge in [0.05, 0.1) is 10.2 Å². The second-order valence-electron chi connectivity index (χ2n) is 5.86. The summed E-state index contributed by atoms with van der Waals surface area (Å²) in [5.41, 5.74) is 7.05. The summed E-state index contributed by atoms with van der Waals surface area (Å²) in [6.45, 7) is 6.36. The lowest BCUT2D eigenvalue weighted by Crippen LogP contribution is -2.19. The van der Waals surface area contributed by atoms with Crippen molar-refractivity contribution in [2.75, 3.05) is 5.73 Å². The highest BCUT2D eigenvalue weighted by Crippen LogP contribution is 2.38. The van der Waals surface area contributed by atoms with Crippen molar-refractivity contribution in [1.82, 2.24) is 9.97 Å². The molecule has 2 rings (SSSR count). The standard InChI is InChI=1S/C13H20BrN3/c1-13(2,3)12-16-10(8-6-4-5-7-8)9(14)11(15)17-12/h8H,4-7H2,1-3H3,(H2,15,16,17). The fourth-order valence-electron chi connectivity index (χ4n) is 2.29. The van der Waals surface area contributed by atoms with Crippen molar-refractivity contribution < 1.29 is 0 Å². The van der Waals surface area contributed by atoms with E-state index in [0.717, 1.165) is 16.0 Å². The molecule has 3 nitrogen and oxygen atoms in total. The van der Waals surface area contributed by atoms with Crippen molar-refractivity contribution >= 4 is 21.7 Å². The van der Waals surface area contributed by atoms with Gasteiger partial charge in [-0.25, -0.2) is 9.97 Å². The van der Waals surface area contributed by atoms with E-state index in [1.54, 1.807) is 0 Å². The number of anilines is 1. The minimum absolute atomic E-state index is 0.0534. The molecule has 0 aromatic carbocycles. The lowest BCUT2D eigenvalue weighted by atomic mass is 9.94. The molecule has 1 aromatic heterocycles. The molecular weight excluding hydrogens is 278 g/mol. The molecule has 0 unspecified atom stereocenters. The van der Waals surface area contributed by atoms with Crippen LogP contribution in [0.5, 0.6) is 0 Å². The zero-order valence-electron chi connectivity index (χ0n) is 10.8. The first-order valence-corrected chi connectivity index (χ1v) is 7.02. The molecule has 94 valence electrons. The third-order valence-electron chi connectivity index (χ3n) is 3.32. The highest BCUT2D eigenvalue weighted by Gasteiger charge is 2.26. The lowest BCUT2D eigenvalue weighted by molar-refractivity contribution is 0.535. The average molecular weight is 298 g/mol. The SMILES string of the molecule is CC(C)(C)c1nc(N)c(Br)c(C2CCCC2)n1. The Hall–Kier alpha value is -0.640. The van der Waals surface area contributed by atoms with E-state index in [0.29, 0.717) is 11.7 Å². The maximum atomic E-state index is 5.99. The summed E-state index contributed by atoms with van der Waals surface area (Å²) < 4.78 is 0.900. The van der Waals surface area contributed by atoms with Gasteiger partial charge in [0.1, 0.15) is 11.6 Å². The minimum Gasteiger partial charge on any atom is -0.383 e. The van der Waals surface area contributed by atoms with Crippen molar-refractivity contribution in [2.45, 2.75) is 57.8 Å². The normalized spacial score (nSPS) is 17.6. The first-order chi connectivity index (χ1) is 7.89. The Morgan fingerprint density at radius 2 is 1.76 bits per heavy atom. The Morgan fingerprint density at radius 1 is 1.18 bits per heavy atom. The zero-order valence-corrected chi connectivity index (χ0v) is 12.3. The van der Waals surface area contributed by atoms with E-state index in [9.17, 15) is 0 Å². The zero-order chi connectivity index (χ0) is 12.6. The maximum absolute atomic E-state index is 5.99. The van der Waals surface area contributed by atoms with Crippen LogP contribution in [0.1, 0.15) is 63.9 Å². The fraction of sp³-hybridized carbons (Fsp3) is 0.692. The molecule has 17 heavy (non-hydrogen) atoms. The van der Waals surface area contributed by atoms with Crippen LogP contribution in [0.2, 0.25) is 0 Å². The molecule has 2 N–H and O–H groups in total. The van der Waals surface area contributed by atoms with Crippen LogP contribution in [0.3, 0.4) is 0 Å². The third-order valence-corrected chi connectivity index (χ3v) is 4.13. The van der Waals surface area contributed by atoms with E-state index in [-0.39, 0.29) is 5.41 Å². The molecule has 0 bridgehead atoms. The Kier molecular flexibility index (Phi) is 3.43. The van der Waals surface area contributed by atoms with Crippen molar-refractivity contribution in [3.63, 3.8) is 0 Å². The second kappa shape index (κ2) is 4.56. The summed E-state index contributed by atoms with van der Waals surface area (Å²) >= 11 is 3.54. The Balaban J connectivity index is 2.46. The van der Waals surface area contributed by atoms with Crippen molar-refractivity contribution in [1.29, 1.82) is 0 Å². The molecule has 0 saturated heterocycles. The molecule has 0 atom stereocenters. The number of nitrogens with two attached hydrogens (primary N) is 1. The Morgan fingerprint density at radius 3 is 2.29 bits per heavy atom. The molecule has 0 amide bonds. The number of nitrogen functional groups attached to an aromatic ring is 1. The maximum Gasteiger partial charge on any atom is 0.141 e. The van der Waals surface area contributed by atoms with Crippen LogP contribution < -0.4 is 5.73 Å². The van der Waals surface area contributed by atoms with Crippen LogP contribution in [0.15, 0.2) is 4.47 Å². The lowest BCUT2D eigenvalue weighted by Gasteiger charge is -2.20. The van der Waals surface area contributed by atoms with Gasteiger partial charge in [0.2, 0.25) is 0 Å². The van der Waals surface area contributed by atoms with Crippen LogP contribution >= 0.6 is 15.9 Å². The Labute approximate surface area is 111 Å². The van der Waals surface area contributed by atoms with Gasteiger partial charge in [-0.1, -0.05) is 33.6 Å². The molecule has 1 aromatic rings. The van der Waals surface area contributed by atoms with Crippen LogP contribution in [0.25, 0.3) is 0 Å². The predicted molar refractivity (Wildman–Crippen MR) is 74.1 cm³/mol. The highest BCUT2D eigenvalue weighted by molar-refractivity contribution is 9.10. The number of hydrogen-bond donors (Lipinski definition) is 1. The average Bonchev–Trinajstić information content (AvgIpc) is 2.73. The monoisotopic (exact) mass is 297 g/mol. The number of nitrogens with zero attached hydrogens (tertiary/aromatic N) is 2. The van der Waals surface area contributed by atoms with Crippen molar-refractivity contribution in [2.24, 2.45) is 0 Å². The van der Waals surface area contributed by atoms with Crippen molar-refractivity contribution in [3.05, 3.63) is 16.0 Å². The van der Waals surface area contributed by atoms with Gasteiger partial charge < -0.3 is 5.73 Å². The highest BCUT2D eigenvalue weighted by atomic mass is 79.9. The number of aromatic nitrogens is 2. The van der Waals surface area contributed by atoms with Crippen LogP contribution in [-0.2, 0) is 5.41 Å². The molecule has 0 aliphatic heterocycles. The summed E-state index contributed by atoms with van der Waals surface area (Å²) in [6, 6.07) is 0. The molecule has 1 aliphatic carbocycles. The summed E-state index contributed by atoms with van der Waals surface area (Å²) in [5.74, 6) is 1.97. The van der Waals surface area contributed by atoms with Gasteiger partial charge in [-0.15, -0.1) is 0 Å². The number of halogens is 1. The van der Waals surface area contributed by atoms with Crippen LogP contribution in [0.4, 0.5) is 5.82 Å². The van der Waals surface area contributed by atoms with Crippen LogP contribution in [-0.4, -0.2) is 9.97 Å². The van der Waals surface area contributed by atoms with Crippen LogP contribution in [0, 0.1) is 0 Å². The molecule has 0 spiro atoms. The van der Waals surface area contributed by atoms with Gasteiger partial charge in [0.25, 0.3) is 0 Å². The summed E-state index contributed by atoms with van der Waals surface area (Å²) in [5, 5.41) is 0. The predicted octanol–water partition coefficient (Wildman–Crippen LogP) is 3.78. The fourth-order valence-corrected chi connectivity index (χ4v) is 2.79. The van der Waals surface area contributed by atoms with E-state index >= 15 is 0 Å². The number of hydrogen-bond acceptors (Lipinski definition) is 3. The second-order valence-corrected chi connectivity index (χ2v) is 6.66. The van der Waals surface area contributed by atoms with Gasteiger partial charge >= 0.3 is 0 Å². The largest absolute Gasteiger partial charge is 0.383 e. The van der Waals surface area contributed by atoms with Gasteiger partial charge in [-0.05, 0) is 28.8 Å². The first-order valence-electron chi connectivity index (χ1n) is 6.23. The molecular formula is C13H20BrN3. The minimum atomic E-state index is -0.0534. The Bertz CT molecular complexity index is 417. The topological polar surface area (TPSA) is 51.8 Å². The molecule has 1 fully saturated rings. The van der Waals surface area contributed by atoms with Gasteiger partial charge in [-0.2, -0.15) is 0 Å². The van der Waals surface area contributed by atoms with E-state index in [2.05, 4.69) is 41.7 Å². The first kappa shape index (κ1) is 12.8. The summed E-state index contributed by atoms with van der Waals surface area (Å²) in [4.78, 5) is 9.14. The smallest absolute Gasteiger partial charge is 0.141 e. The van der Waals surface area contributed by atoms with E-state index in [1.807, 2.05) is 0 Å². The van der Waals surface area contributed by atoms with Gasteiger partial charge in [-0.3, -0.25) is 0 Å². The van der Waals surface area contributed by atoms with Crippen molar-refractivity contribution in [3.8, 4) is 0 Å². The van der Waals surface area contributed by atoms with E-state index in [1.165, 1.54) is 25.7 Å². The van der Waals surface area contributed by atoms with Gasteiger partial charge in [0, 0.05) is 11.3 Å².